The molecule has 0 spiro atoms. The van der Waals surface area contributed by atoms with Crippen molar-refractivity contribution >= 4 is 5.57 Å². The van der Waals surface area contributed by atoms with Crippen LogP contribution in [-0.4, -0.2) is 31.2 Å². The first-order valence-corrected chi connectivity index (χ1v) is 13.6. The number of benzene rings is 2. The quantitative estimate of drug-likeness (QED) is 0.387. The van der Waals surface area contributed by atoms with Crippen molar-refractivity contribution in [1.29, 1.82) is 0 Å². The van der Waals surface area contributed by atoms with E-state index in [1.165, 1.54) is 42.4 Å². The number of likely N-dealkylation sites (tertiary alicyclic amines) is 1. The highest BCUT2D eigenvalue weighted by atomic mass is 19.3. The molecule has 0 radical (unpaired) electrons. The van der Waals surface area contributed by atoms with Crippen LogP contribution in [-0.2, 0) is 12.3 Å². The molecule has 0 unspecified atom stereocenters. The van der Waals surface area contributed by atoms with Gasteiger partial charge in [-0.25, -0.2) is 8.78 Å². The zero-order valence-corrected chi connectivity index (χ0v) is 20.9. The number of alkyl halides is 3. The SMILES string of the molecule is CC1CCC(C2=C(c3ccc(C(F)(F)C4CN(CCCF)C4)cc3)c3ccccc3CCC2)CC1. The number of allylic oxidation sites excluding steroid dienone is 1. The number of rotatable bonds is 7. The third-order valence-corrected chi connectivity index (χ3v) is 8.65. The second kappa shape index (κ2) is 10.5. The number of nitrogens with zero attached hydrogens (tertiary/aromatic N) is 1. The molecule has 5 rings (SSSR count). The highest BCUT2D eigenvalue weighted by Crippen LogP contribution is 2.45. The fraction of sp³-hybridized carbons (Fsp3) is 0.548. The van der Waals surface area contributed by atoms with E-state index >= 15 is 8.78 Å². The molecule has 188 valence electrons. The molecule has 0 bridgehead atoms. The summed E-state index contributed by atoms with van der Waals surface area (Å²) in [4.78, 5) is 1.93. The minimum atomic E-state index is -2.86. The van der Waals surface area contributed by atoms with Crippen LogP contribution in [0.1, 0.15) is 74.1 Å². The summed E-state index contributed by atoms with van der Waals surface area (Å²) >= 11 is 0. The lowest BCUT2D eigenvalue weighted by molar-refractivity contribution is -0.124. The first-order valence-electron chi connectivity index (χ1n) is 13.6. The van der Waals surface area contributed by atoms with Gasteiger partial charge in [-0.2, -0.15) is 0 Å². The van der Waals surface area contributed by atoms with Gasteiger partial charge in [0.25, 0.3) is 5.92 Å². The molecule has 0 aromatic heterocycles. The molecule has 0 amide bonds. The Balaban J connectivity index is 1.44. The third-order valence-electron chi connectivity index (χ3n) is 8.65. The highest BCUT2D eigenvalue weighted by Gasteiger charge is 2.47. The van der Waals surface area contributed by atoms with Crippen molar-refractivity contribution in [1.82, 2.24) is 4.90 Å². The number of fused-ring (bicyclic) bond motifs is 1. The van der Waals surface area contributed by atoms with Gasteiger partial charge in [0.15, 0.2) is 0 Å². The van der Waals surface area contributed by atoms with Gasteiger partial charge >= 0.3 is 0 Å². The van der Waals surface area contributed by atoms with Crippen LogP contribution in [0.15, 0.2) is 54.1 Å². The van der Waals surface area contributed by atoms with E-state index in [2.05, 4.69) is 31.2 Å². The zero-order valence-electron chi connectivity index (χ0n) is 20.9. The summed E-state index contributed by atoms with van der Waals surface area (Å²) in [6, 6.07) is 15.9. The molecule has 2 aromatic rings. The van der Waals surface area contributed by atoms with Gasteiger partial charge in [0.1, 0.15) is 0 Å². The van der Waals surface area contributed by atoms with Crippen molar-refractivity contribution < 1.29 is 13.2 Å². The Morgan fingerprint density at radius 3 is 2.34 bits per heavy atom. The molecule has 0 atom stereocenters. The van der Waals surface area contributed by atoms with Gasteiger partial charge in [-0.3, -0.25) is 4.39 Å². The molecule has 3 aliphatic rings. The van der Waals surface area contributed by atoms with Gasteiger partial charge in [0, 0.05) is 25.2 Å². The summed E-state index contributed by atoms with van der Waals surface area (Å²) in [5.74, 6) is -2.15. The van der Waals surface area contributed by atoms with Gasteiger partial charge in [-0.05, 0) is 72.6 Å². The maximum absolute atomic E-state index is 15.3. The summed E-state index contributed by atoms with van der Waals surface area (Å²) in [6.07, 6.45) is 8.76. The van der Waals surface area contributed by atoms with Crippen LogP contribution in [0.2, 0.25) is 0 Å². The highest BCUT2D eigenvalue weighted by molar-refractivity contribution is 5.84. The Morgan fingerprint density at radius 2 is 1.63 bits per heavy atom. The Morgan fingerprint density at radius 1 is 0.914 bits per heavy atom. The van der Waals surface area contributed by atoms with Gasteiger partial charge in [-0.15, -0.1) is 0 Å². The van der Waals surface area contributed by atoms with Crippen LogP contribution in [0.4, 0.5) is 13.2 Å². The monoisotopic (exact) mass is 481 g/mol. The van der Waals surface area contributed by atoms with Crippen molar-refractivity contribution in [3.63, 3.8) is 0 Å². The second-order valence-electron chi connectivity index (χ2n) is 11.1. The lowest BCUT2D eigenvalue weighted by Gasteiger charge is -2.43. The van der Waals surface area contributed by atoms with E-state index in [-0.39, 0.29) is 12.2 Å². The fourth-order valence-corrected chi connectivity index (χ4v) is 6.47. The van der Waals surface area contributed by atoms with Gasteiger partial charge < -0.3 is 4.90 Å². The minimum absolute atomic E-state index is 0.104. The van der Waals surface area contributed by atoms with Crippen molar-refractivity contribution in [2.45, 2.75) is 64.2 Å². The van der Waals surface area contributed by atoms with Crippen LogP contribution in [0, 0.1) is 17.8 Å². The number of hydrogen-bond acceptors (Lipinski definition) is 1. The lowest BCUT2D eigenvalue weighted by atomic mass is 9.75. The van der Waals surface area contributed by atoms with E-state index in [0.29, 0.717) is 32.0 Å². The van der Waals surface area contributed by atoms with E-state index in [4.69, 9.17) is 0 Å². The molecule has 1 aliphatic heterocycles. The zero-order chi connectivity index (χ0) is 24.4. The maximum atomic E-state index is 15.3. The smallest absolute Gasteiger partial charge is 0.278 e. The van der Waals surface area contributed by atoms with Crippen LogP contribution in [0.25, 0.3) is 5.57 Å². The average molecular weight is 482 g/mol. The van der Waals surface area contributed by atoms with Crippen LogP contribution < -0.4 is 0 Å². The van der Waals surface area contributed by atoms with E-state index in [9.17, 15) is 4.39 Å². The molecule has 1 saturated carbocycles. The predicted octanol–water partition coefficient (Wildman–Crippen LogP) is 8.03. The van der Waals surface area contributed by atoms with Crippen molar-refractivity contribution in [3.05, 3.63) is 76.4 Å². The Bertz CT molecular complexity index is 1030. The third kappa shape index (κ3) is 5.09. The molecule has 1 heterocycles. The fourth-order valence-electron chi connectivity index (χ4n) is 6.47. The molecule has 2 aliphatic carbocycles. The standard InChI is InChI=1S/C31H38F3N/c1-22-10-12-24(13-11-22)29-9-4-7-23-6-2-3-8-28(23)30(29)25-14-16-26(17-15-25)31(33,34)27-20-35(21-27)19-5-18-32/h2-3,6,8,14-17,22,24,27H,4-5,7,9-13,18-21H2,1H3. The van der Waals surface area contributed by atoms with Crippen molar-refractivity contribution in [3.8, 4) is 0 Å². The van der Waals surface area contributed by atoms with E-state index in [1.807, 2.05) is 17.0 Å². The molecule has 1 nitrogen and oxygen atoms in total. The lowest BCUT2D eigenvalue weighted by Crippen LogP contribution is -2.53. The van der Waals surface area contributed by atoms with Crippen LogP contribution >= 0.6 is 0 Å². The molecule has 2 aromatic carbocycles. The first kappa shape index (κ1) is 24.6. The van der Waals surface area contributed by atoms with Crippen LogP contribution in [0.3, 0.4) is 0 Å². The molecular weight excluding hydrogens is 443 g/mol. The second-order valence-corrected chi connectivity index (χ2v) is 11.1. The van der Waals surface area contributed by atoms with Crippen LogP contribution in [0.5, 0.6) is 0 Å². The normalized spacial score (nSPS) is 24.1. The number of hydrogen-bond donors (Lipinski definition) is 0. The van der Waals surface area contributed by atoms with Crippen molar-refractivity contribution in [2.24, 2.45) is 17.8 Å². The first-order chi connectivity index (χ1) is 17.0. The molecule has 35 heavy (non-hydrogen) atoms. The number of aryl methyl sites for hydroxylation is 1. The Hall–Kier alpha value is -2.07. The average Bonchev–Trinajstić information content (AvgIpc) is 3.03. The molecule has 4 heteroatoms. The van der Waals surface area contributed by atoms with Gasteiger partial charge in [0.05, 0.1) is 12.6 Å². The summed E-state index contributed by atoms with van der Waals surface area (Å²) in [5, 5.41) is 0. The molecule has 1 saturated heterocycles. The minimum Gasteiger partial charge on any atom is -0.302 e. The molecular formula is C31H38F3N. The topological polar surface area (TPSA) is 3.24 Å². The van der Waals surface area contributed by atoms with E-state index in [0.717, 1.165) is 30.7 Å². The molecule has 0 N–H and O–H groups in total. The molecule has 2 fully saturated rings. The maximum Gasteiger partial charge on any atom is 0.278 e. The Labute approximate surface area is 208 Å². The Kier molecular flexibility index (Phi) is 7.39. The number of halogens is 3. The predicted molar refractivity (Wildman–Crippen MR) is 137 cm³/mol. The largest absolute Gasteiger partial charge is 0.302 e. The summed E-state index contributed by atoms with van der Waals surface area (Å²) < 4.78 is 42.9. The summed E-state index contributed by atoms with van der Waals surface area (Å²) in [7, 11) is 0. The summed E-state index contributed by atoms with van der Waals surface area (Å²) in [6.45, 7) is 3.22. The van der Waals surface area contributed by atoms with Crippen molar-refractivity contribution in [2.75, 3.05) is 26.3 Å². The van der Waals surface area contributed by atoms with Gasteiger partial charge in [-0.1, -0.05) is 73.9 Å². The van der Waals surface area contributed by atoms with Gasteiger partial charge in [0.2, 0.25) is 0 Å². The summed E-state index contributed by atoms with van der Waals surface area (Å²) in [5.41, 5.74) is 6.69. The van der Waals surface area contributed by atoms with E-state index < -0.39 is 11.8 Å². The van der Waals surface area contributed by atoms with E-state index in [1.54, 1.807) is 17.7 Å².